The van der Waals surface area contributed by atoms with Crippen LogP contribution in [0.15, 0.2) is 4.79 Å². The van der Waals surface area contributed by atoms with Crippen LogP contribution in [0.3, 0.4) is 0 Å². The smallest absolute Gasteiger partial charge is 0.407 e. The van der Waals surface area contributed by atoms with Crippen LogP contribution in [0.1, 0.15) is 21.6 Å². The Labute approximate surface area is 100 Å². The number of hydrogen-bond donors (Lipinski definition) is 4. The predicted octanol–water partition coefficient (Wildman–Crippen LogP) is -0.185. The fourth-order valence-corrected chi connectivity index (χ4v) is 1.96. The maximum Gasteiger partial charge on any atom is 0.407 e. The van der Waals surface area contributed by atoms with Gasteiger partial charge in [0.05, 0.1) is 6.54 Å². The predicted molar refractivity (Wildman–Crippen MR) is 57.8 cm³/mol. The lowest BCUT2D eigenvalue weighted by Crippen LogP contribution is -2.37. The minimum absolute atomic E-state index is 0.0760. The number of rotatable bonds is 1. The van der Waals surface area contributed by atoms with Crippen molar-refractivity contribution >= 4 is 12.1 Å². The summed E-state index contributed by atoms with van der Waals surface area (Å²) in [6.45, 7) is 0.0639. The summed E-state index contributed by atoms with van der Waals surface area (Å²) in [5.41, 5.74) is -1.14. The fraction of sp³-hybridized carbons (Fsp3) is 0.300. The normalized spacial score (nSPS) is 14.1. The van der Waals surface area contributed by atoms with E-state index in [1.54, 1.807) is 0 Å². The van der Waals surface area contributed by atoms with Crippen LogP contribution in [-0.2, 0) is 13.0 Å². The molecule has 8 nitrogen and oxygen atoms in total. The third-order valence-electron chi connectivity index (χ3n) is 2.84. The largest absolute Gasteiger partial charge is 0.506 e. The second-order valence-electron chi connectivity index (χ2n) is 3.89. The molecule has 2 rings (SSSR count). The summed E-state index contributed by atoms with van der Waals surface area (Å²) in [4.78, 5) is 36.4. The molecule has 1 aliphatic heterocycles. The second kappa shape index (κ2) is 4.06. The van der Waals surface area contributed by atoms with Crippen LogP contribution in [0, 0.1) is 0 Å². The molecule has 0 radical (unpaired) electrons. The van der Waals surface area contributed by atoms with Crippen molar-refractivity contribution in [3.63, 3.8) is 0 Å². The summed E-state index contributed by atoms with van der Waals surface area (Å²) in [6, 6.07) is 0. The number of carbonyl (C=O) groups is 2. The van der Waals surface area contributed by atoms with Crippen molar-refractivity contribution in [1.29, 1.82) is 0 Å². The van der Waals surface area contributed by atoms with Crippen LogP contribution in [-0.4, -0.2) is 43.8 Å². The number of nitrogens with zero attached hydrogens (tertiary/aromatic N) is 1. The average molecular weight is 254 g/mol. The maximum atomic E-state index is 11.5. The summed E-state index contributed by atoms with van der Waals surface area (Å²) in [7, 11) is 0. The minimum Gasteiger partial charge on any atom is -0.506 e. The van der Waals surface area contributed by atoms with Crippen molar-refractivity contribution in [2.75, 3.05) is 6.54 Å². The van der Waals surface area contributed by atoms with Crippen LogP contribution in [0.5, 0.6) is 5.75 Å². The van der Waals surface area contributed by atoms with Gasteiger partial charge >= 0.3 is 12.1 Å². The van der Waals surface area contributed by atoms with Gasteiger partial charge in [-0.2, -0.15) is 0 Å². The molecule has 0 unspecified atom stereocenters. The molecule has 0 spiro atoms. The first-order valence-corrected chi connectivity index (χ1v) is 5.10. The molecule has 96 valence electrons. The van der Waals surface area contributed by atoms with Crippen molar-refractivity contribution in [3.05, 3.63) is 27.2 Å². The van der Waals surface area contributed by atoms with Crippen molar-refractivity contribution in [2.45, 2.75) is 13.0 Å². The standard InChI is InChI=1S/C10H10N2O6/c13-7-4-1-2-12(10(17)18)3-5(4)11-8(14)6(7)9(15)16/h1-3H2,(H,15,16)(H,17,18)(H2,11,13,14). The Morgan fingerprint density at radius 2 is 1.94 bits per heavy atom. The molecule has 0 bridgehead atoms. The van der Waals surface area contributed by atoms with E-state index in [9.17, 15) is 19.5 Å². The third kappa shape index (κ3) is 1.77. The highest BCUT2D eigenvalue weighted by Gasteiger charge is 2.27. The lowest BCUT2D eigenvalue weighted by Gasteiger charge is -2.26. The number of aromatic carboxylic acids is 1. The summed E-state index contributed by atoms with van der Waals surface area (Å²) in [6.07, 6.45) is -0.979. The molecule has 18 heavy (non-hydrogen) atoms. The first kappa shape index (κ1) is 12.0. The SMILES string of the molecule is O=C(O)c1c(O)c2c([nH]c1=O)CN(C(=O)O)CC2. The van der Waals surface area contributed by atoms with Crippen LogP contribution in [0.2, 0.25) is 0 Å². The van der Waals surface area contributed by atoms with E-state index in [1.807, 2.05) is 0 Å². The topological polar surface area (TPSA) is 131 Å². The van der Waals surface area contributed by atoms with Crippen LogP contribution >= 0.6 is 0 Å². The molecule has 8 heteroatoms. The Balaban J connectivity index is 2.54. The van der Waals surface area contributed by atoms with Gasteiger partial charge in [-0.3, -0.25) is 4.79 Å². The zero-order valence-corrected chi connectivity index (χ0v) is 9.13. The third-order valence-corrected chi connectivity index (χ3v) is 2.84. The average Bonchev–Trinajstić information content (AvgIpc) is 2.27. The quantitative estimate of drug-likeness (QED) is 0.549. The Bertz CT molecular complexity index is 591. The minimum atomic E-state index is -1.52. The molecular formula is C10H10N2O6. The molecule has 1 aromatic rings. The second-order valence-corrected chi connectivity index (χ2v) is 3.89. The van der Waals surface area contributed by atoms with Gasteiger partial charge in [-0.15, -0.1) is 0 Å². The van der Waals surface area contributed by atoms with Gasteiger partial charge in [0.15, 0.2) is 5.56 Å². The first-order valence-electron chi connectivity index (χ1n) is 5.10. The van der Waals surface area contributed by atoms with E-state index < -0.39 is 28.9 Å². The molecule has 0 saturated carbocycles. The number of amides is 1. The molecular weight excluding hydrogens is 244 g/mol. The van der Waals surface area contributed by atoms with Gasteiger partial charge in [0.1, 0.15) is 5.75 Å². The van der Waals surface area contributed by atoms with Crippen molar-refractivity contribution in [2.24, 2.45) is 0 Å². The monoisotopic (exact) mass is 254 g/mol. The van der Waals surface area contributed by atoms with E-state index in [2.05, 4.69) is 4.98 Å². The highest BCUT2D eigenvalue weighted by Crippen LogP contribution is 2.26. The lowest BCUT2D eigenvalue weighted by atomic mass is 10.0. The number of nitrogens with one attached hydrogen (secondary N) is 1. The van der Waals surface area contributed by atoms with Gasteiger partial charge < -0.3 is 25.2 Å². The molecule has 0 aromatic carbocycles. The van der Waals surface area contributed by atoms with Crippen LogP contribution < -0.4 is 5.56 Å². The van der Waals surface area contributed by atoms with E-state index in [0.717, 1.165) is 4.90 Å². The van der Waals surface area contributed by atoms with E-state index in [4.69, 9.17) is 10.2 Å². The van der Waals surface area contributed by atoms with Gasteiger partial charge in [-0.05, 0) is 6.42 Å². The zero-order chi connectivity index (χ0) is 13.4. The number of aromatic amines is 1. The van der Waals surface area contributed by atoms with Crippen molar-refractivity contribution < 1.29 is 24.9 Å². The van der Waals surface area contributed by atoms with E-state index in [-0.39, 0.29) is 30.8 Å². The zero-order valence-electron chi connectivity index (χ0n) is 9.13. The highest BCUT2D eigenvalue weighted by molar-refractivity contribution is 5.91. The molecule has 0 saturated heterocycles. The van der Waals surface area contributed by atoms with Gasteiger partial charge in [-0.1, -0.05) is 0 Å². The number of carboxylic acids is 1. The Morgan fingerprint density at radius 1 is 1.28 bits per heavy atom. The molecule has 1 aromatic heterocycles. The highest BCUT2D eigenvalue weighted by atomic mass is 16.4. The molecule has 4 N–H and O–H groups in total. The Hall–Kier alpha value is -2.51. The summed E-state index contributed by atoms with van der Waals surface area (Å²) >= 11 is 0. The van der Waals surface area contributed by atoms with Crippen LogP contribution in [0.25, 0.3) is 0 Å². The molecule has 0 aliphatic carbocycles. The number of pyridine rings is 1. The number of hydrogen-bond acceptors (Lipinski definition) is 4. The fourth-order valence-electron chi connectivity index (χ4n) is 1.96. The summed E-state index contributed by atoms with van der Waals surface area (Å²) in [5, 5.41) is 27.4. The molecule has 1 amide bonds. The number of carboxylic acid groups (broad SMARTS) is 2. The summed E-state index contributed by atoms with van der Waals surface area (Å²) < 4.78 is 0. The lowest BCUT2D eigenvalue weighted by molar-refractivity contribution is 0.0690. The van der Waals surface area contributed by atoms with E-state index in [1.165, 1.54) is 0 Å². The van der Waals surface area contributed by atoms with E-state index >= 15 is 0 Å². The van der Waals surface area contributed by atoms with Gasteiger partial charge in [0, 0.05) is 17.8 Å². The van der Waals surface area contributed by atoms with Crippen LogP contribution in [0.4, 0.5) is 4.79 Å². The first-order chi connectivity index (χ1) is 8.41. The summed E-state index contributed by atoms with van der Waals surface area (Å²) in [5.74, 6) is -2.09. The van der Waals surface area contributed by atoms with Gasteiger partial charge in [-0.25, -0.2) is 9.59 Å². The Morgan fingerprint density at radius 3 is 2.50 bits per heavy atom. The van der Waals surface area contributed by atoms with Gasteiger partial charge in [0.25, 0.3) is 5.56 Å². The number of aromatic nitrogens is 1. The number of fused-ring (bicyclic) bond motifs is 1. The van der Waals surface area contributed by atoms with Crippen molar-refractivity contribution in [1.82, 2.24) is 9.88 Å². The van der Waals surface area contributed by atoms with Crippen molar-refractivity contribution in [3.8, 4) is 5.75 Å². The molecule has 0 atom stereocenters. The molecule has 1 aliphatic rings. The number of aromatic hydroxyl groups is 1. The molecule has 0 fully saturated rings. The van der Waals surface area contributed by atoms with Gasteiger partial charge in [0.2, 0.25) is 0 Å². The van der Waals surface area contributed by atoms with E-state index in [0.29, 0.717) is 0 Å². The number of H-pyrrole nitrogens is 1. The maximum absolute atomic E-state index is 11.5. The molecule has 2 heterocycles. The Kier molecular flexibility index (Phi) is 2.70.